The Morgan fingerprint density at radius 2 is 1.55 bits per heavy atom. The summed E-state index contributed by atoms with van der Waals surface area (Å²) in [5.74, 6) is 3.00. The third kappa shape index (κ3) is 10.2. The van der Waals surface area contributed by atoms with Crippen molar-refractivity contribution in [3.63, 3.8) is 0 Å². The van der Waals surface area contributed by atoms with Crippen molar-refractivity contribution in [2.75, 3.05) is 34.8 Å². The van der Waals surface area contributed by atoms with Crippen molar-refractivity contribution < 1.29 is 14.7 Å². The number of aromatic carboxylic acids is 1. The lowest BCUT2D eigenvalue weighted by Gasteiger charge is -2.28. The Balaban J connectivity index is 1.25. The van der Waals surface area contributed by atoms with E-state index in [2.05, 4.69) is 74.3 Å². The molecule has 0 bridgehead atoms. The lowest BCUT2D eigenvalue weighted by molar-refractivity contribution is -0.126. The molecule has 3 aromatic rings. The van der Waals surface area contributed by atoms with Crippen molar-refractivity contribution in [1.82, 2.24) is 20.3 Å². The van der Waals surface area contributed by atoms with Gasteiger partial charge in [-0.1, -0.05) is 56.3 Å². The minimum atomic E-state index is -0.961. The van der Waals surface area contributed by atoms with E-state index in [0.717, 1.165) is 55.8 Å². The Morgan fingerprint density at radius 3 is 2.21 bits per heavy atom. The van der Waals surface area contributed by atoms with Gasteiger partial charge in [-0.15, -0.1) is 0 Å². The Bertz CT molecular complexity index is 1280. The molecular formula is C31H41N7O3S. The van der Waals surface area contributed by atoms with E-state index in [1.807, 2.05) is 17.8 Å². The molecule has 1 aliphatic rings. The smallest absolute Gasteiger partial charge is 0.335 e. The third-order valence-electron chi connectivity index (χ3n) is 7.04. The predicted molar refractivity (Wildman–Crippen MR) is 169 cm³/mol. The summed E-state index contributed by atoms with van der Waals surface area (Å²) in [7, 11) is 0. The zero-order chi connectivity index (χ0) is 29.7. The van der Waals surface area contributed by atoms with Gasteiger partial charge in [0.2, 0.25) is 23.8 Å². The topological polar surface area (TPSA) is 141 Å². The Hall–Kier alpha value is -3.86. The number of carboxylic acid groups (broad SMARTS) is 1. The van der Waals surface area contributed by atoms with Gasteiger partial charge < -0.3 is 26.4 Å². The summed E-state index contributed by atoms with van der Waals surface area (Å²) in [6, 6.07) is 17.2. The van der Waals surface area contributed by atoms with Gasteiger partial charge in [0.15, 0.2) is 0 Å². The molecule has 11 heteroatoms. The molecule has 0 atom stereocenters. The van der Waals surface area contributed by atoms with Crippen molar-refractivity contribution >= 4 is 41.5 Å². The molecule has 2 aromatic carbocycles. The fourth-order valence-electron chi connectivity index (χ4n) is 4.67. The third-order valence-corrected chi connectivity index (χ3v) is 8.07. The fraction of sp³-hybridized carbons (Fsp3) is 0.452. The van der Waals surface area contributed by atoms with E-state index in [0.29, 0.717) is 30.3 Å². The van der Waals surface area contributed by atoms with Gasteiger partial charge in [-0.3, -0.25) is 4.79 Å². The van der Waals surface area contributed by atoms with Gasteiger partial charge in [-0.2, -0.15) is 26.7 Å². The average Bonchev–Trinajstić information content (AvgIpc) is 2.99. The molecule has 1 aliphatic carbocycles. The molecule has 1 amide bonds. The molecule has 5 N–H and O–H groups in total. The number of aromatic nitrogens is 3. The fourth-order valence-corrected chi connectivity index (χ4v) is 5.49. The number of benzene rings is 2. The summed E-state index contributed by atoms with van der Waals surface area (Å²) in [5.41, 5.74) is 2.42. The van der Waals surface area contributed by atoms with Gasteiger partial charge in [-0.25, -0.2) is 4.79 Å². The molecule has 0 aliphatic heterocycles. The first-order valence-electron chi connectivity index (χ1n) is 14.6. The maximum Gasteiger partial charge on any atom is 0.335 e. The number of amides is 1. The number of hydrogen-bond acceptors (Lipinski definition) is 9. The number of carbonyl (C=O) groups is 2. The van der Waals surface area contributed by atoms with Crippen LogP contribution >= 0.6 is 11.8 Å². The molecule has 0 saturated heterocycles. The van der Waals surface area contributed by atoms with Crippen molar-refractivity contribution in [3.8, 4) is 0 Å². The van der Waals surface area contributed by atoms with Crippen LogP contribution in [0.1, 0.15) is 61.0 Å². The molecule has 0 unspecified atom stereocenters. The number of anilines is 3. The Morgan fingerprint density at radius 1 is 0.881 bits per heavy atom. The van der Waals surface area contributed by atoms with Crippen LogP contribution in [0, 0.1) is 11.8 Å². The van der Waals surface area contributed by atoms with E-state index < -0.39 is 5.97 Å². The van der Waals surface area contributed by atoms with Gasteiger partial charge >= 0.3 is 5.97 Å². The first-order valence-corrected chi connectivity index (χ1v) is 15.7. The zero-order valence-corrected chi connectivity index (χ0v) is 25.1. The molecule has 42 heavy (non-hydrogen) atoms. The van der Waals surface area contributed by atoms with Gasteiger partial charge in [0.25, 0.3) is 0 Å². The first kappa shape index (κ1) is 31.1. The standard InChI is InChI=1S/C31H41N7O3S/c1-21(2)18-34-30-36-29(32-16-17-42-20-23-6-4-3-5-7-23)37-31(38-30)35-26-14-12-24(13-15-26)27(39)33-19-22-8-10-25(11-9-22)28(40)41/h3-11,21,24,26H,12-20H2,1-2H3,(H,33,39)(H,40,41)(H3,32,34,35,36,37,38). The monoisotopic (exact) mass is 591 g/mol. The molecular weight excluding hydrogens is 550 g/mol. The number of nitrogens with one attached hydrogen (secondary N) is 4. The minimum absolute atomic E-state index is 0.0349. The lowest BCUT2D eigenvalue weighted by atomic mass is 9.85. The highest BCUT2D eigenvalue weighted by Crippen LogP contribution is 2.27. The van der Waals surface area contributed by atoms with Crippen molar-refractivity contribution in [1.29, 1.82) is 0 Å². The van der Waals surface area contributed by atoms with E-state index in [1.165, 1.54) is 5.56 Å². The highest BCUT2D eigenvalue weighted by molar-refractivity contribution is 7.98. The summed E-state index contributed by atoms with van der Waals surface area (Å²) in [4.78, 5) is 37.6. The van der Waals surface area contributed by atoms with E-state index in [1.54, 1.807) is 24.3 Å². The minimum Gasteiger partial charge on any atom is -0.478 e. The molecule has 1 fully saturated rings. The average molecular weight is 592 g/mol. The van der Waals surface area contributed by atoms with Crippen LogP contribution in [0.25, 0.3) is 0 Å². The number of rotatable bonds is 15. The number of nitrogens with zero attached hydrogens (tertiary/aromatic N) is 3. The van der Waals surface area contributed by atoms with Crippen molar-refractivity contribution in [3.05, 3.63) is 71.3 Å². The summed E-state index contributed by atoms with van der Waals surface area (Å²) >= 11 is 1.86. The second-order valence-corrected chi connectivity index (χ2v) is 12.1. The maximum absolute atomic E-state index is 12.8. The van der Waals surface area contributed by atoms with Crippen LogP contribution in [0.3, 0.4) is 0 Å². The SMILES string of the molecule is CC(C)CNc1nc(NCCSCc2ccccc2)nc(NC2CCC(C(=O)NCc3ccc(C(=O)O)cc3)CC2)n1. The molecule has 4 rings (SSSR count). The normalized spacial score (nSPS) is 16.5. The molecule has 1 aromatic heterocycles. The van der Waals surface area contributed by atoms with E-state index in [9.17, 15) is 9.59 Å². The summed E-state index contributed by atoms with van der Waals surface area (Å²) < 4.78 is 0. The van der Waals surface area contributed by atoms with Crippen LogP contribution in [0.15, 0.2) is 54.6 Å². The Labute approximate surface area is 251 Å². The first-order chi connectivity index (χ1) is 20.4. The predicted octanol–water partition coefficient (Wildman–Crippen LogP) is 5.27. The van der Waals surface area contributed by atoms with Gasteiger partial charge in [0.05, 0.1) is 5.56 Å². The molecule has 0 spiro atoms. The van der Waals surface area contributed by atoms with Crippen LogP contribution in [-0.4, -0.2) is 56.8 Å². The van der Waals surface area contributed by atoms with Gasteiger partial charge in [0, 0.05) is 43.1 Å². The molecule has 1 heterocycles. The quantitative estimate of drug-likeness (QED) is 0.148. The van der Waals surface area contributed by atoms with Crippen LogP contribution in [0.2, 0.25) is 0 Å². The highest BCUT2D eigenvalue weighted by atomic mass is 32.2. The summed E-state index contributed by atoms with van der Waals surface area (Å²) in [6.07, 6.45) is 3.22. The molecule has 10 nitrogen and oxygen atoms in total. The van der Waals surface area contributed by atoms with Crippen LogP contribution in [0.4, 0.5) is 17.8 Å². The van der Waals surface area contributed by atoms with Crippen LogP contribution in [0.5, 0.6) is 0 Å². The summed E-state index contributed by atoms with van der Waals surface area (Å²) in [5, 5.41) is 22.2. The second-order valence-electron chi connectivity index (χ2n) is 11.0. The van der Waals surface area contributed by atoms with Crippen LogP contribution < -0.4 is 21.3 Å². The highest BCUT2D eigenvalue weighted by Gasteiger charge is 2.27. The largest absolute Gasteiger partial charge is 0.478 e. The second kappa shape index (κ2) is 16.0. The molecule has 0 radical (unpaired) electrons. The van der Waals surface area contributed by atoms with Gasteiger partial charge in [-0.05, 0) is 54.9 Å². The molecule has 1 saturated carbocycles. The van der Waals surface area contributed by atoms with E-state index >= 15 is 0 Å². The van der Waals surface area contributed by atoms with Crippen molar-refractivity contribution in [2.24, 2.45) is 11.8 Å². The maximum atomic E-state index is 12.8. The zero-order valence-electron chi connectivity index (χ0n) is 24.3. The number of thioether (sulfide) groups is 1. The van der Waals surface area contributed by atoms with Crippen molar-refractivity contribution in [2.45, 2.75) is 57.9 Å². The lowest BCUT2D eigenvalue weighted by Crippen LogP contribution is -2.36. The van der Waals surface area contributed by atoms with E-state index in [4.69, 9.17) is 5.11 Å². The Kier molecular flexibility index (Phi) is 11.8. The summed E-state index contributed by atoms with van der Waals surface area (Å²) in [6.45, 7) is 6.17. The molecule has 224 valence electrons. The number of hydrogen-bond donors (Lipinski definition) is 5. The van der Waals surface area contributed by atoms with E-state index in [-0.39, 0.29) is 23.4 Å². The van der Waals surface area contributed by atoms with Gasteiger partial charge in [0.1, 0.15) is 0 Å². The number of carbonyl (C=O) groups excluding carboxylic acids is 1. The van der Waals surface area contributed by atoms with Crippen LogP contribution in [-0.2, 0) is 17.1 Å². The number of carboxylic acids is 1.